The third-order valence-electron chi connectivity index (χ3n) is 2.77. The molecule has 1 N–H and O–H groups in total. The molecular weight excluding hydrogens is 204 g/mol. The zero-order valence-electron chi connectivity index (χ0n) is 9.40. The van der Waals surface area contributed by atoms with Gasteiger partial charge in [-0.2, -0.15) is 0 Å². The van der Waals surface area contributed by atoms with E-state index in [9.17, 15) is 4.79 Å². The van der Waals surface area contributed by atoms with Crippen LogP contribution in [-0.2, 0) is 4.74 Å². The molecule has 4 heteroatoms. The number of aromatic nitrogens is 1. The number of Topliss-reactive ketones (excluding diaryl/α,β-unsaturated/α-hetero) is 1. The summed E-state index contributed by atoms with van der Waals surface area (Å²) >= 11 is 0. The third-order valence-corrected chi connectivity index (χ3v) is 2.77. The Balaban J connectivity index is 2.00. The van der Waals surface area contributed by atoms with E-state index in [1.54, 1.807) is 12.4 Å². The summed E-state index contributed by atoms with van der Waals surface area (Å²) in [5.74, 6) is 0.133. The summed E-state index contributed by atoms with van der Waals surface area (Å²) in [6.45, 7) is 4.10. The van der Waals surface area contributed by atoms with E-state index >= 15 is 0 Å². The summed E-state index contributed by atoms with van der Waals surface area (Å²) in [4.78, 5) is 16.0. The zero-order valence-corrected chi connectivity index (χ0v) is 9.40. The van der Waals surface area contributed by atoms with E-state index in [4.69, 9.17) is 4.74 Å². The number of hydrogen-bond acceptors (Lipinski definition) is 4. The number of nitrogens with zero attached hydrogens (tertiary/aromatic N) is 1. The van der Waals surface area contributed by atoms with Crippen LogP contribution in [0.25, 0.3) is 0 Å². The van der Waals surface area contributed by atoms with Crippen LogP contribution in [-0.4, -0.2) is 36.6 Å². The fourth-order valence-corrected chi connectivity index (χ4v) is 1.84. The summed E-state index contributed by atoms with van der Waals surface area (Å²) in [5, 5.41) is 3.27. The normalized spacial score (nSPS) is 20.7. The lowest BCUT2D eigenvalue weighted by Gasteiger charge is -2.23. The average molecular weight is 220 g/mol. The lowest BCUT2D eigenvalue weighted by atomic mass is 10.0. The molecular formula is C12H16N2O2. The Kier molecular flexibility index (Phi) is 3.64. The predicted octanol–water partition coefficient (Wildman–Crippen LogP) is 0.951. The molecule has 2 rings (SSSR count). The average Bonchev–Trinajstić information content (AvgIpc) is 2.31. The minimum absolute atomic E-state index is 0.133. The molecule has 0 saturated carbocycles. The third kappa shape index (κ3) is 2.65. The number of rotatable bonds is 3. The van der Waals surface area contributed by atoms with Crippen LogP contribution in [0.15, 0.2) is 18.5 Å². The van der Waals surface area contributed by atoms with E-state index in [-0.39, 0.29) is 11.8 Å². The number of nitrogens with one attached hydrogen (secondary N) is 1. The molecule has 16 heavy (non-hydrogen) atoms. The van der Waals surface area contributed by atoms with Crippen LogP contribution >= 0.6 is 0 Å². The van der Waals surface area contributed by atoms with Gasteiger partial charge in [-0.3, -0.25) is 9.78 Å². The molecule has 0 aromatic carbocycles. The van der Waals surface area contributed by atoms with E-state index in [2.05, 4.69) is 10.3 Å². The Morgan fingerprint density at radius 2 is 2.56 bits per heavy atom. The number of aryl methyl sites for hydroxylation is 1. The fraction of sp³-hybridized carbons (Fsp3) is 0.500. The van der Waals surface area contributed by atoms with Crippen molar-refractivity contribution in [3.05, 3.63) is 29.6 Å². The van der Waals surface area contributed by atoms with Crippen LogP contribution in [0.2, 0.25) is 0 Å². The van der Waals surface area contributed by atoms with Crippen LogP contribution in [0.5, 0.6) is 0 Å². The highest BCUT2D eigenvalue weighted by atomic mass is 16.5. The van der Waals surface area contributed by atoms with Gasteiger partial charge in [0, 0.05) is 37.0 Å². The largest absolute Gasteiger partial charge is 0.378 e. The summed E-state index contributed by atoms with van der Waals surface area (Å²) in [7, 11) is 0. The molecule has 1 unspecified atom stereocenters. The van der Waals surface area contributed by atoms with Crippen molar-refractivity contribution in [2.45, 2.75) is 19.4 Å². The van der Waals surface area contributed by atoms with Crippen molar-refractivity contribution in [2.24, 2.45) is 0 Å². The van der Waals surface area contributed by atoms with E-state index < -0.39 is 0 Å². The van der Waals surface area contributed by atoms with Crippen LogP contribution in [0.1, 0.15) is 22.3 Å². The van der Waals surface area contributed by atoms with Gasteiger partial charge < -0.3 is 10.1 Å². The van der Waals surface area contributed by atoms with Gasteiger partial charge in [0.1, 0.15) is 0 Å². The number of carbonyl (C=O) groups is 1. The molecule has 0 radical (unpaired) electrons. The van der Waals surface area contributed by atoms with Gasteiger partial charge in [0.25, 0.3) is 0 Å². The van der Waals surface area contributed by atoms with Crippen molar-refractivity contribution in [2.75, 3.05) is 19.8 Å². The Bertz CT molecular complexity index is 373. The molecule has 86 valence electrons. The van der Waals surface area contributed by atoms with Gasteiger partial charge in [-0.15, -0.1) is 0 Å². The Labute approximate surface area is 95.0 Å². The van der Waals surface area contributed by atoms with Crippen LogP contribution in [0.4, 0.5) is 0 Å². The number of hydrogen-bond donors (Lipinski definition) is 1. The smallest absolute Gasteiger partial charge is 0.166 e. The molecule has 1 aliphatic rings. The van der Waals surface area contributed by atoms with Crippen molar-refractivity contribution in [1.29, 1.82) is 0 Å². The first-order chi connectivity index (χ1) is 7.77. The highest BCUT2D eigenvalue weighted by Crippen LogP contribution is 2.10. The Morgan fingerprint density at radius 1 is 1.69 bits per heavy atom. The van der Waals surface area contributed by atoms with Gasteiger partial charge in [0.15, 0.2) is 5.78 Å². The molecule has 2 heterocycles. The van der Waals surface area contributed by atoms with Gasteiger partial charge >= 0.3 is 0 Å². The maximum atomic E-state index is 12.0. The fourth-order valence-electron chi connectivity index (χ4n) is 1.84. The van der Waals surface area contributed by atoms with Gasteiger partial charge in [0.2, 0.25) is 0 Å². The van der Waals surface area contributed by atoms with Crippen molar-refractivity contribution in [1.82, 2.24) is 10.3 Å². The molecule has 1 saturated heterocycles. The van der Waals surface area contributed by atoms with Gasteiger partial charge in [0.05, 0.1) is 13.2 Å². The molecule has 1 aromatic rings. The maximum absolute atomic E-state index is 12.0. The topological polar surface area (TPSA) is 51.2 Å². The Morgan fingerprint density at radius 3 is 3.25 bits per heavy atom. The molecule has 0 amide bonds. The summed E-state index contributed by atoms with van der Waals surface area (Å²) < 4.78 is 5.32. The minimum atomic E-state index is 0.133. The molecule has 0 bridgehead atoms. The zero-order chi connectivity index (χ0) is 11.4. The van der Waals surface area contributed by atoms with E-state index in [1.165, 1.54) is 0 Å². The second kappa shape index (κ2) is 5.18. The van der Waals surface area contributed by atoms with Gasteiger partial charge in [-0.25, -0.2) is 0 Å². The summed E-state index contributed by atoms with van der Waals surface area (Å²) in [5.41, 5.74) is 1.70. The summed E-state index contributed by atoms with van der Waals surface area (Å²) in [6.07, 6.45) is 3.82. The van der Waals surface area contributed by atoms with Gasteiger partial charge in [-0.05, 0) is 18.6 Å². The maximum Gasteiger partial charge on any atom is 0.166 e. The molecule has 1 fully saturated rings. The van der Waals surface area contributed by atoms with Crippen molar-refractivity contribution in [3.63, 3.8) is 0 Å². The Hall–Kier alpha value is -1.26. The molecule has 1 atom stereocenters. The lowest BCUT2D eigenvalue weighted by Crippen LogP contribution is -2.42. The number of carbonyl (C=O) groups excluding carboxylic acids is 1. The predicted molar refractivity (Wildman–Crippen MR) is 60.5 cm³/mol. The summed E-state index contributed by atoms with van der Waals surface area (Å²) in [6, 6.07) is 2.00. The first-order valence-corrected chi connectivity index (χ1v) is 5.52. The van der Waals surface area contributed by atoms with Crippen molar-refractivity contribution in [3.8, 4) is 0 Å². The molecule has 0 spiro atoms. The van der Waals surface area contributed by atoms with Crippen LogP contribution < -0.4 is 5.32 Å². The standard InChI is InChI=1S/C12H16N2O2/c1-9-2-3-13-7-11(9)12(15)6-10-8-16-5-4-14-10/h2-3,7,10,14H,4-6,8H2,1H3. The minimum Gasteiger partial charge on any atom is -0.378 e. The quantitative estimate of drug-likeness (QED) is 0.771. The second-order valence-electron chi connectivity index (χ2n) is 4.04. The first kappa shape index (κ1) is 11.2. The van der Waals surface area contributed by atoms with Crippen molar-refractivity contribution < 1.29 is 9.53 Å². The molecule has 1 aliphatic heterocycles. The molecule has 0 aliphatic carbocycles. The number of pyridine rings is 1. The highest BCUT2D eigenvalue weighted by molar-refractivity contribution is 5.97. The molecule has 4 nitrogen and oxygen atoms in total. The second-order valence-corrected chi connectivity index (χ2v) is 4.04. The van der Waals surface area contributed by atoms with Crippen LogP contribution in [0.3, 0.4) is 0 Å². The van der Waals surface area contributed by atoms with E-state index in [1.807, 2.05) is 13.0 Å². The first-order valence-electron chi connectivity index (χ1n) is 5.52. The van der Waals surface area contributed by atoms with E-state index in [0.29, 0.717) is 13.0 Å². The number of ether oxygens (including phenoxy) is 1. The van der Waals surface area contributed by atoms with Gasteiger partial charge in [-0.1, -0.05) is 0 Å². The van der Waals surface area contributed by atoms with Crippen LogP contribution in [0, 0.1) is 6.92 Å². The highest BCUT2D eigenvalue weighted by Gasteiger charge is 2.18. The number of ketones is 1. The van der Waals surface area contributed by atoms with E-state index in [0.717, 1.165) is 24.3 Å². The molecule has 1 aromatic heterocycles. The van der Waals surface area contributed by atoms with Crippen molar-refractivity contribution >= 4 is 5.78 Å². The SMILES string of the molecule is Cc1ccncc1C(=O)CC1COCCN1. The number of morpholine rings is 1. The lowest BCUT2D eigenvalue weighted by molar-refractivity contribution is 0.0675. The monoisotopic (exact) mass is 220 g/mol.